The molecule has 0 N–H and O–H groups in total. The van der Waals surface area contributed by atoms with Gasteiger partial charge < -0.3 is 4.40 Å². The number of imidazole rings is 1. The van der Waals surface area contributed by atoms with Gasteiger partial charge in [0.15, 0.2) is 0 Å². The molecular weight excluding hydrogens is 259 g/mol. The summed E-state index contributed by atoms with van der Waals surface area (Å²) in [7, 11) is 0. The van der Waals surface area contributed by atoms with Gasteiger partial charge in [0.05, 0.1) is 5.69 Å². The Bertz CT molecular complexity index is 704. The average molecular weight is 272 g/mol. The monoisotopic (exact) mass is 272 g/mol. The molecular formula is C15H13FN2S. The smallest absolute Gasteiger partial charge is 0.139 e. The summed E-state index contributed by atoms with van der Waals surface area (Å²) in [5.41, 5.74) is 3.20. The normalized spacial score (nSPS) is 11.1. The lowest BCUT2D eigenvalue weighted by Gasteiger charge is -1.98. The molecule has 2 aromatic heterocycles. The largest absolute Gasteiger partial charge is 0.307 e. The van der Waals surface area contributed by atoms with Crippen LogP contribution in [0.25, 0.3) is 5.65 Å². The van der Waals surface area contributed by atoms with Crippen LogP contribution >= 0.6 is 11.8 Å². The molecule has 2 heterocycles. The quantitative estimate of drug-likeness (QED) is 0.668. The number of benzene rings is 1. The Kier molecular flexibility index (Phi) is 3.25. The second-order valence-corrected chi connectivity index (χ2v) is 5.45. The molecule has 0 spiro atoms. The Morgan fingerprint density at radius 2 is 2.00 bits per heavy atom. The molecule has 0 saturated carbocycles. The van der Waals surface area contributed by atoms with Crippen LogP contribution in [0.3, 0.4) is 0 Å². The van der Waals surface area contributed by atoms with Crippen molar-refractivity contribution in [3.63, 3.8) is 0 Å². The first-order chi connectivity index (χ1) is 9.22. The molecule has 2 nitrogen and oxygen atoms in total. The van der Waals surface area contributed by atoms with E-state index in [0.717, 1.165) is 22.0 Å². The zero-order valence-corrected chi connectivity index (χ0v) is 11.3. The highest BCUT2D eigenvalue weighted by molar-refractivity contribution is 7.98. The van der Waals surface area contributed by atoms with Crippen LogP contribution in [0, 0.1) is 12.7 Å². The summed E-state index contributed by atoms with van der Waals surface area (Å²) < 4.78 is 14.8. The zero-order chi connectivity index (χ0) is 13.2. The van der Waals surface area contributed by atoms with Gasteiger partial charge in [-0.1, -0.05) is 6.07 Å². The Hall–Kier alpha value is -1.81. The molecule has 4 heteroatoms. The molecule has 0 saturated heterocycles. The number of pyridine rings is 1. The first kappa shape index (κ1) is 12.2. The van der Waals surface area contributed by atoms with E-state index in [1.54, 1.807) is 23.9 Å². The molecule has 0 amide bonds. The fraction of sp³-hybridized carbons (Fsp3) is 0.133. The Balaban J connectivity index is 1.78. The van der Waals surface area contributed by atoms with Gasteiger partial charge in [-0.15, -0.1) is 11.8 Å². The number of fused-ring (bicyclic) bond motifs is 1. The number of halogens is 1. The second kappa shape index (κ2) is 5.05. The first-order valence-electron chi connectivity index (χ1n) is 6.04. The maximum absolute atomic E-state index is 12.8. The van der Waals surface area contributed by atoms with Gasteiger partial charge in [0.25, 0.3) is 0 Å². The number of rotatable bonds is 3. The molecule has 0 aliphatic rings. The number of aryl methyl sites for hydroxylation is 1. The molecule has 0 aliphatic carbocycles. The predicted molar refractivity (Wildman–Crippen MR) is 75.9 cm³/mol. The van der Waals surface area contributed by atoms with E-state index >= 15 is 0 Å². The third kappa shape index (κ3) is 2.63. The van der Waals surface area contributed by atoms with Crippen LogP contribution in [-0.4, -0.2) is 9.38 Å². The van der Waals surface area contributed by atoms with Gasteiger partial charge >= 0.3 is 0 Å². The molecule has 0 fully saturated rings. The van der Waals surface area contributed by atoms with Gasteiger partial charge in [0.1, 0.15) is 11.5 Å². The van der Waals surface area contributed by atoms with Crippen LogP contribution in [-0.2, 0) is 5.75 Å². The summed E-state index contributed by atoms with van der Waals surface area (Å²) in [6.45, 7) is 2.05. The lowest BCUT2D eigenvalue weighted by atomic mass is 10.3. The van der Waals surface area contributed by atoms with Crippen LogP contribution in [0.2, 0.25) is 0 Å². The van der Waals surface area contributed by atoms with Gasteiger partial charge in [0, 0.05) is 23.0 Å². The highest BCUT2D eigenvalue weighted by atomic mass is 32.2. The van der Waals surface area contributed by atoms with Gasteiger partial charge in [0.2, 0.25) is 0 Å². The van der Waals surface area contributed by atoms with E-state index in [2.05, 4.69) is 18.0 Å². The molecule has 1 aromatic carbocycles. The number of hydrogen-bond acceptors (Lipinski definition) is 2. The number of thioether (sulfide) groups is 1. The third-order valence-electron chi connectivity index (χ3n) is 2.93. The van der Waals surface area contributed by atoms with Crippen LogP contribution in [0.5, 0.6) is 0 Å². The number of hydrogen-bond donors (Lipinski definition) is 0. The van der Waals surface area contributed by atoms with Crippen molar-refractivity contribution in [1.29, 1.82) is 0 Å². The van der Waals surface area contributed by atoms with Crippen LogP contribution in [0.4, 0.5) is 4.39 Å². The van der Waals surface area contributed by atoms with Crippen molar-refractivity contribution in [1.82, 2.24) is 9.38 Å². The fourth-order valence-corrected chi connectivity index (χ4v) is 2.74. The first-order valence-corrected chi connectivity index (χ1v) is 7.02. The molecule has 0 atom stereocenters. The predicted octanol–water partition coefficient (Wildman–Crippen LogP) is 4.07. The van der Waals surface area contributed by atoms with Crippen molar-refractivity contribution in [2.45, 2.75) is 17.6 Å². The molecule has 19 heavy (non-hydrogen) atoms. The van der Waals surface area contributed by atoms with Crippen LogP contribution < -0.4 is 0 Å². The SMILES string of the molecule is Cc1cccn2cc(CSc3ccc(F)cc3)nc12. The van der Waals surface area contributed by atoms with Crippen molar-refractivity contribution in [3.8, 4) is 0 Å². The lowest BCUT2D eigenvalue weighted by Crippen LogP contribution is -1.84. The molecule has 0 aliphatic heterocycles. The number of nitrogens with zero attached hydrogens (tertiary/aromatic N) is 2. The average Bonchev–Trinajstić information content (AvgIpc) is 2.83. The Morgan fingerprint density at radius 3 is 2.74 bits per heavy atom. The van der Waals surface area contributed by atoms with E-state index in [9.17, 15) is 4.39 Å². The summed E-state index contributed by atoms with van der Waals surface area (Å²) in [4.78, 5) is 5.66. The maximum atomic E-state index is 12.8. The summed E-state index contributed by atoms with van der Waals surface area (Å²) in [6, 6.07) is 10.6. The van der Waals surface area contributed by atoms with Crippen LogP contribution in [0.1, 0.15) is 11.3 Å². The minimum absolute atomic E-state index is 0.201. The van der Waals surface area contributed by atoms with Gasteiger partial charge in [-0.05, 0) is 42.8 Å². The molecule has 0 radical (unpaired) electrons. The molecule has 3 rings (SSSR count). The van der Waals surface area contributed by atoms with E-state index in [1.807, 2.05) is 22.9 Å². The topological polar surface area (TPSA) is 17.3 Å². The lowest BCUT2D eigenvalue weighted by molar-refractivity contribution is 0.626. The van der Waals surface area contributed by atoms with E-state index in [4.69, 9.17) is 0 Å². The highest BCUT2D eigenvalue weighted by Crippen LogP contribution is 2.23. The van der Waals surface area contributed by atoms with Crippen molar-refractivity contribution >= 4 is 17.4 Å². The molecule has 0 unspecified atom stereocenters. The summed E-state index contributed by atoms with van der Waals surface area (Å²) >= 11 is 1.66. The van der Waals surface area contributed by atoms with Crippen LogP contribution in [0.15, 0.2) is 53.7 Å². The van der Waals surface area contributed by atoms with E-state index < -0.39 is 0 Å². The van der Waals surface area contributed by atoms with E-state index in [0.29, 0.717) is 0 Å². The van der Waals surface area contributed by atoms with Crippen molar-refractivity contribution in [3.05, 3.63) is 65.9 Å². The number of aromatic nitrogens is 2. The van der Waals surface area contributed by atoms with Crippen molar-refractivity contribution < 1.29 is 4.39 Å². The van der Waals surface area contributed by atoms with Crippen molar-refractivity contribution in [2.75, 3.05) is 0 Å². The minimum atomic E-state index is -0.201. The van der Waals surface area contributed by atoms with Crippen molar-refractivity contribution in [2.24, 2.45) is 0 Å². The zero-order valence-electron chi connectivity index (χ0n) is 10.5. The third-order valence-corrected chi connectivity index (χ3v) is 3.97. The summed E-state index contributed by atoms with van der Waals surface area (Å²) in [5.74, 6) is 0.583. The molecule has 3 aromatic rings. The molecule has 0 bridgehead atoms. The summed E-state index contributed by atoms with van der Waals surface area (Å²) in [6.07, 6.45) is 4.04. The van der Waals surface area contributed by atoms with E-state index in [-0.39, 0.29) is 5.82 Å². The maximum Gasteiger partial charge on any atom is 0.139 e. The van der Waals surface area contributed by atoms with Gasteiger partial charge in [-0.2, -0.15) is 0 Å². The molecule has 96 valence electrons. The Morgan fingerprint density at radius 1 is 1.21 bits per heavy atom. The van der Waals surface area contributed by atoms with Gasteiger partial charge in [-0.3, -0.25) is 0 Å². The second-order valence-electron chi connectivity index (χ2n) is 4.40. The standard InChI is InChI=1S/C15H13FN2S/c1-11-3-2-8-18-9-13(17-15(11)18)10-19-14-6-4-12(16)5-7-14/h2-9H,10H2,1H3. The van der Waals surface area contributed by atoms with E-state index in [1.165, 1.54) is 17.7 Å². The summed E-state index contributed by atoms with van der Waals surface area (Å²) in [5, 5.41) is 0. The minimum Gasteiger partial charge on any atom is -0.307 e. The highest BCUT2D eigenvalue weighted by Gasteiger charge is 2.04. The fourth-order valence-electron chi connectivity index (χ4n) is 1.96. The van der Waals surface area contributed by atoms with Gasteiger partial charge in [-0.25, -0.2) is 9.37 Å². The Labute approximate surface area is 115 Å².